The van der Waals surface area contributed by atoms with Gasteiger partial charge in [-0.2, -0.15) is 0 Å². The third-order valence-electron chi connectivity index (χ3n) is 8.44. The molecule has 0 spiro atoms. The lowest BCUT2D eigenvalue weighted by Crippen LogP contribution is -2.63. The van der Waals surface area contributed by atoms with E-state index in [1.54, 1.807) is 24.3 Å². The van der Waals surface area contributed by atoms with Crippen LogP contribution in [-0.2, 0) is 13.1 Å². The molecule has 0 amide bonds. The van der Waals surface area contributed by atoms with Crippen molar-refractivity contribution in [2.45, 2.75) is 63.6 Å². The summed E-state index contributed by atoms with van der Waals surface area (Å²) >= 11 is 0. The largest absolute Gasteiger partial charge is 0.330 e. The second-order valence-corrected chi connectivity index (χ2v) is 12.0. The Morgan fingerprint density at radius 2 is 1.34 bits per heavy atom. The van der Waals surface area contributed by atoms with Crippen molar-refractivity contribution in [1.82, 2.24) is 31.9 Å². The van der Waals surface area contributed by atoms with E-state index in [0.717, 1.165) is 95.5 Å². The minimum atomic E-state index is -0.168. The molecule has 2 atom stereocenters. The van der Waals surface area contributed by atoms with Crippen LogP contribution in [-0.4, -0.2) is 71.0 Å². The molecule has 3 rings (SSSR count). The van der Waals surface area contributed by atoms with Gasteiger partial charge in [0, 0.05) is 58.9 Å². The Morgan fingerprint density at radius 1 is 0.727 bits per heavy atom. The van der Waals surface area contributed by atoms with Gasteiger partial charge in [0.25, 0.3) is 0 Å². The van der Waals surface area contributed by atoms with Crippen LogP contribution >= 0.6 is 0 Å². The molecule has 11 nitrogen and oxygen atoms in total. The predicted molar refractivity (Wildman–Crippen MR) is 181 cm³/mol. The van der Waals surface area contributed by atoms with Crippen molar-refractivity contribution in [2.75, 3.05) is 65.4 Å². The van der Waals surface area contributed by atoms with Gasteiger partial charge in [-0.05, 0) is 97.0 Å². The Balaban J connectivity index is 1.45. The van der Waals surface area contributed by atoms with E-state index in [1.165, 1.54) is 38.5 Å². The molecular formula is C33H55N9O2. The molecule has 1 heterocycles. The summed E-state index contributed by atoms with van der Waals surface area (Å²) in [7, 11) is 0. The van der Waals surface area contributed by atoms with Crippen molar-refractivity contribution >= 4 is 11.4 Å². The van der Waals surface area contributed by atoms with Gasteiger partial charge in [-0.15, -0.1) is 9.81 Å². The van der Waals surface area contributed by atoms with E-state index in [4.69, 9.17) is 5.73 Å². The molecule has 0 aliphatic carbocycles. The second kappa shape index (κ2) is 22.0. The number of rotatable bonds is 20. The fourth-order valence-electron chi connectivity index (χ4n) is 5.72. The van der Waals surface area contributed by atoms with Crippen LogP contribution in [0.15, 0.2) is 58.9 Å². The number of nitrogens with two attached hydrogens (primary N) is 1. The molecule has 244 valence electrons. The van der Waals surface area contributed by atoms with Gasteiger partial charge in [-0.3, -0.25) is 0 Å². The quantitative estimate of drug-likeness (QED) is 0.0877. The third kappa shape index (κ3) is 14.4. The van der Waals surface area contributed by atoms with E-state index in [1.807, 2.05) is 24.3 Å². The Kier molecular flexibility index (Phi) is 17.9. The zero-order valence-electron chi connectivity index (χ0n) is 26.4. The maximum Gasteiger partial charge on any atom is 0.108 e. The topological polar surface area (TPSA) is 157 Å². The van der Waals surface area contributed by atoms with Gasteiger partial charge < -0.3 is 37.6 Å². The van der Waals surface area contributed by atoms with Crippen LogP contribution in [0.5, 0.6) is 0 Å². The zero-order chi connectivity index (χ0) is 31.1. The SMILES string of the molecule is NCCCCCC1CCCNCC(CNCCNCCNCc2ccc(N=O)cc2)(NCc2ccc(N=O)cc2)CNCC1. The number of hydrogen-bond donors (Lipinski definition) is 7. The molecule has 0 saturated carbocycles. The average Bonchev–Trinajstić information content (AvgIpc) is 3.10. The van der Waals surface area contributed by atoms with Gasteiger partial charge in [0.05, 0.1) is 5.54 Å². The normalized spacial score (nSPS) is 19.7. The fourth-order valence-corrected chi connectivity index (χ4v) is 5.72. The molecule has 8 N–H and O–H groups in total. The predicted octanol–water partition coefficient (Wildman–Crippen LogP) is 3.78. The molecule has 2 aromatic carbocycles. The van der Waals surface area contributed by atoms with Crippen molar-refractivity contribution < 1.29 is 0 Å². The van der Waals surface area contributed by atoms with Crippen molar-refractivity contribution in [3.05, 3.63) is 69.5 Å². The van der Waals surface area contributed by atoms with Gasteiger partial charge >= 0.3 is 0 Å². The molecule has 1 aliphatic heterocycles. The van der Waals surface area contributed by atoms with Crippen LogP contribution in [0.25, 0.3) is 0 Å². The highest BCUT2D eigenvalue weighted by atomic mass is 16.3. The molecule has 0 bridgehead atoms. The van der Waals surface area contributed by atoms with Gasteiger partial charge in [-0.25, -0.2) is 0 Å². The Bertz CT molecular complexity index is 1040. The van der Waals surface area contributed by atoms with Crippen molar-refractivity contribution in [3.63, 3.8) is 0 Å². The zero-order valence-corrected chi connectivity index (χ0v) is 26.4. The van der Waals surface area contributed by atoms with Crippen LogP contribution < -0.4 is 37.6 Å². The summed E-state index contributed by atoms with van der Waals surface area (Å²) in [6.07, 6.45) is 8.64. The smallest absolute Gasteiger partial charge is 0.108 e. The summed E-state index contributed by atoms with van der Waals surface area (Å²) in [5.74, 6) is 0.770. The monoisotopic (exact) mass is 609 g/mol. The third-order valence-corrected chi connectivity index (χ3v) is 8.44. The van der Waals surface area contributed by atoms with Crippen molar-refractivity contribution in [3.8, 4) is 0 Å². The maximum absolute atomic E-state index is 10.9. The van der Waals surface area contributed by atoms with E-state index in [-0.39, 0.29) is 5.54 Å². The first-order chi connectivity index (χ1) is 21.7. The summed E-state index contributed by atoms with van der Waals surface area (Å²) in [4.78, 5) is 21.4. The highest BCUT2D eigenvalue weighted by Crippen LogP contribution is 2.20. The number of unbranched alkanes of at least 4 members (excludes halogenated alkanes) is 2. The van der Waals surface area contributed by atoms with Gasteiger partial charge in [0.15, 0.2) is 0 Å². The highest BCUT2D eigenvalue weighted by molar-refractivity contribution is 5.39. The molecule has 1 aliphatic rings. The number of nitroso groups, excluding NO2 is 2. The Hall–Kier alpha value is -2.64. The molecular weight excluding hydrogens is 554 g/mol. The Labute approximate surface area is 263 Å². The first-order valence-corrected chi connectivity index (χ1v) is 16.5. The molecule has 0 aromatic heterocycles. The van der Waals surface area contributed by atoms with Gasteiger partial charge in [0.1, 0.15) is 11.4 Å². The molecule has 2 unspecified atom stereocenters. The number of nitrogens with zero attached hydrogens (tertiary/aromatic N) is 2. The lowest BCUT2D eigenvalue weighted by atomic mass is 9.93. The molecule has 2 aromatic rings. The molecule has 44 heavy (non-hydrogen) atoms. The van der Waals surface area contributed by atoms with E-state index in [0.29, 0.717) is 17.9 Å². The fraction of sp³-hybridized carbons (Fsp3) is 0.636. The first-order valence-electron chi connectivity index (χ1n) is 16.5. The summed E-state index contributed by atoms with van der Waals surface area (Å²) in [6.45, 7) is 10.4. The number of hydrogen-bond acceptors (Lipinski definition) is 11. The maximum atomic E-state index is 10.9. The van der Waals surface area contributed by atoms with Crippen LogP contribution in [0.1, 0.15) is 56.1 Å². The number of nitrogens with one attached hydrogen (secondary N) is 6. The summed E-state index contributed by atoms with van der Waals surface area (Å²) in [5, 5.41) is 28.0. The van der Waals surface area contributed by atoms with Crippen LogP contribution in [0.2, 0.25) is 0 Å². The molecule has 1 saturated heterocycles. The van der Waals surface area contributed by atoms with Crippen molar-refractivity contribution in [1.29, 1.82) is 0 Å². The lowest BCUT2D eigenvalue weighted by molar-refractivity contribution is 0.278. The van der Waals surface area contributed by atoms with E-state index in [2.05, 4.69) is 42.3 Å². The van der Waals surface area contributed by atoms with Crippen LogP contribution in [0.4, 0.5) is 11.4 Å². The van der Waals surface area contributed by atoms with E-state index < -0.39 is 0 Å². The summed E-state index contributed by atoms with van der Waals surface area (Å²) in [6, 6.07) is 14.8. The molecule has 1 fully saturated rings. The minimum absolute atomic E-state index is 0.168. The first kappa shape index (κ1) is 35.8. The minimum Gasteiger partial charge on any atom is -0.330 e. The lowest BCUT2D eigenvalue weighted by Gasteiger charge is -2.36. The summed E-state index contributed by atoms with van der Waals surface area (Å²) < 4.78 is 0. The second-order valence-electron chi connectivity index (χ2n) is 12.0. The number of benzene rings is 2. The average molecular weight is 610 g/mol. The van der Waals surface area contributed by atoms with Crippen LogP contribution in [0, 0.1) is 15.7 Å². The van der Waals surface area contributed by atoms with Crippen molar-refractivity contribution in [2.24, 2.45) is 22.0 Å². The molecule has 0 radical (unpaired) electrons. The highest BCUT2D eigenvalue weighted by Gasteiger charge is 2.29. The molecule has 11 heteroatoms. The standard InChI is InChI=1S/C33H55N9O2/c34-16-3-1-2-5-28-6-4-17-37-25-33(26-38-18-15-28,40-24-30-9-13-32(42-44)14-10-30)27-39-22-20-35-19-21-36-23-29-7-11-31(41-43)12-8-29/h7-14,28,35-40H,1-6,15-27,34H2. The summed E-state index contributed by atoms with van der Waals surface area (Å²) in [5.41, 5.74) is 8.70. The van der Waals surface area contributed by atoms with Gasteiger partial charge in [0.2, 0.25) is 0 Å². The van der Waals surface area contributed by atoms with E-state index in [9.17, 15) is 9.81 Å². The van der Waals surface area contributed by atoms with Crippen LogP contribution in [0.3, 0.4) is 0 Å². The van der Waals surface area contributed by atoms with E-state index >= 15 is 0 Å². The van der Waals surface area contributed by atoms with Gasteiger partial charge in [-0.1, -0.05) is 43.5 Å². The Morgan fingerprint density at radius 3 is 2.00 bits per heavy atom.